The van der Waals surface area contributed by atoms with Gasteiger partial charge in [0.1, 0.15) is 44.7 Å². The summed E-state index contributed by atoms with van der Waals surface area (Å²) in [6, 6.07) is 9.45. The number of furan rings is 4. The molecule has 1 aliphatic rings. The van der Waals surface area contributed by atoms with Crippen LogP contribution in [0.25, 0.3) is 23.3 Å². The molecule has 0 radical (unpaired) electrons. The van der Waals surface area contributed by atoms with Gasteiger partial charge in [-0.05, 0) is 48.5 Å². The summed E-state index contributed by atoms with van der Waals surface area (Å²) in [5.74, 6) is -23.3. The highest BCUT2D eigenvalue weighted by molar-refractivity contribution is 5.78. The lowest BCUT2D eigenvalue weighted by Gasteiger charge is -2.10. The second-order valence-electron chi connectivity index (χ2n) is 9.74. The van der Waals surface area contributed by atoms with Crippen LogP contribution in [0.4, 0.5) is 43.9 Å². The lowest BCUT2D eigenvalue weighted by atomic mass is 10.0. The molecule has 4 aromatic heterocycles. The average molecular weight is 648 g/mol. The summed E-state index contributed by atoms with van der Waals surface area (Å²) in [5.41, 5.74) is -5.07. The van der Waals surface area contributed by atoms with E-state index in [0.29, 0.717) is 0 Å². The third-order valence-corrected chi connectivity index (χ3v) is 6.98. The molecule has 0 N–H and O–H groups in total. The van der Waals surface area contributed by atoms with Crippen molar-refractivity contribution in [1.82, 2.24) is 0 Å². The Morgan fingerprint density at radius 2 is 0.652 bits per heavy atom. The van der Waals surface area contributed by atoms with E-state index in [1.165, 1.54) is 24.3 Å². The van der Waals surface area contributed by atoms with Gasteiger partial charge >= 0.3 is 0 Å². The van der Waals surface area contributed by atoms with Crippen LogP contribution in [0.1, 0.15) is 34.2 Å². The van der Waals surface area contributed by atoms with Gasteiger partial charge in [0.25, 0.3) is 0 Å². The van der Waals surface area contributed by atoms with Crippen LogP contribution in [0.3, 0.4) is 0 Å². The van der Waals surface area contributed by atoms with Crippen LogP contribution in [0.15, 0.2) is 66.2 Å². The van der Waals surface area contributed by atoms with Gasteiger partial charge in [-0.1, -0.05) is 0 Å². The Bertz CT molecular complexity index is 2270. The van der Waals surface area contributed by atoms with E-state index >= 15 is 17.6 Å². The third kappa shape index (κ3) is 4.39. The van der Waals surface area contributed by atoms with Gasteiger partial charge in [0.15, 0.2) is 46.5 Å². The van der Waals surface area contributed by atoms with Crippen LogP contribution >= 0.6 is 0 Å². The van der Waals surface area contributed by atoms with Crippen LogP contribution in [0.5, 0.6) is 0 Å². The van der Waals surface area contributed by atoms with Crippen molar-refractivity contribution in [3.05, 3.63) is 163 Å². The molecule has 6 aromatic rings. The van der Waals surface area contributed by atoms with Gasteiger partial charge in [-0.25, -0.2) is 43.9 Å². The molecule has 4 nitrogen and oxygen atoms in total. The second-order valence-corrected chi connectivity index (χ2v) is 9.74. The van der Waals surface area contributed by atoms with Crippen molar-refractivity contribution in [3.8, 4) is 0 Å². The zero-order chi connectivity index (χ0) is 32.6. The highest BCUT2D eigenvalue weighted by atomic mass is 19.2. The maximum atomic E-state index is 15.0. The molecule has 8 bridgehead atoms. The summed E-state index contributed by atoms with van der Waals surface area (Å²) in [4.78, 5) is 0. The summed E-state index contributed by atoms with van der Waals surface area (Å²) in [5, 5.41) is 0. The molecule has 0 atom stereocenters. The van der Waals surface area contributed by atoms with E-state index in [-0.39, 0.29) is 22.4 Å². The van der Waals surface area contributed by atoms with Gasteiger partial charge in [0, 0.05) is 12.2 Å². The van der Waals surface area contributed by atoms with Crippen molar-refractivity contribution in [1.29, 1.82) is 0 Å². The smallest absolute Gasteiger partial charge is 0.200 e. The lowest BCUT2D eigenvalue weighted by molar-refractivity contribution is 0.375. The number of fused-ring (bicyclic) bond motifs is 8. The van der Waals surface area contributed by atoms with E-state index in [4.69, 9.17) is 17.7 Å². The molecular formula is C32H10F10O4. The molecule has 2 aromatic carbocycles. The first-order valence-corrected chi connectivity index (χ1v) is 12.8. The Kier molecular flexibility index (Phi) is 6.61. The maximum Gasteiger partial charge on any atom is 0.200 e. The fraction of sp³-hybridized carbons (Fsp3) is 0. The van der Waals surface area contributed by atoms with E-state index < -0.39 is 103 Å². The molecule has 0 fully saturated rings. The van der Waals surface area contributed by atoms with E-state index in [1.807, 2.05) is 0 Å². The second kappa shape index (κ2) is 10.5. The van der Waals surface area contributed by atoms with Crippen molar-refractivity contribution in [2.45, 2.75) is 0 Å². The summed E-state index contributed by atoms with van der Waals surface area (Å²) < 4.78 is 167. The van der Waals surface area contributed by atoms with Crippen molar-refractivity contribution in [2.24, 2.45) is 0 Å². The predicted molar refractivity (Wildman–Crippen MR) is 136 cm³/mol. The molecule has 5 heterocycles. The minimum atomic E-state index is -2.38. The molecule has 0 spiro atoms. The minimum absolute atomic E-state index is 0.124. The Labute approximate surface area is 247 Å². The molecule has 0 aliphatic carbocycles. The topological polar surface area (TPSA) is 52.6 Å². The number of hydrogen-bond acceptors (Lipinski definition) is 4. The molecule has 0 unspecified atom stereocenters. The standard InChI is InChI=1S/C32H10F10O4/c33-23-21(24(34)28(38)31(41)27(23)37)19-15-5-1-11(43-15)9-12-2-6-17(44-12)20(22-25(35)29(39)32(42)30(40)26(22)36)18-8-4-14(46-18)10-13-3-7-16(19)45-13/h1-10H/b11-9-,12-9?,13-10?,14-10-,19-15+,19-16?,20-17?,20-18+. The van der Waals surface area contributed by atoms with E-state index in [0.717, 1.165) is 36.4 Å². The fourth-order valence-electron chi connectivity index (χ4n) is 4.92. The largest absolute Gasteiger partial charge is 0.456 e. The minimum Gasteiger partial charge on any atom is -0.456 e. The zero-order valence-electron chi connectivity index (χ0n) is 22.2. The maximum absolute atomic E-state index is 15.0. The Hall–Kier alpha value is -5.66. The SMILES string of the molecule is Fc1c(F)c(F)c(/C2=c3\cc/c(o3)=C/c3ccc(o3)/C(c3c(F)c(F)c(F)c(F)c3F)=c3/cc/c(o3)=C/c3ccc2o3)c(F)c1F. The molecule has 7 rings (SSSR count). The van der Waals surface area contributed by atoms with Gasteiger partial charge in [0.2, 0.25) is 11.6 Å². The third-order valence-electron chi connectivity index (χ3n) is 6.98. The fourth-order valence-corrected chi connectivity index (χ4v) is 4.92. The highest BCUT2D eigenvalue weighted by Gasteiger charge is 2.32. The molecular weight excluding hydrogens is 638 g/mol. The Morgan fingerprint density at radius 1 is 0.326 bits per heavy atom. The first-order valence-electron chi connectivity index (χ1n) is 12.8. The van der Waals surface area contributed by atoms with Gasteiger partial charge in [-0.3, -0.25) is 0 Å². The number of halogens is 10. The van der Waals surface area contributed by atoms with E-state index in [9.17, 15) is 26.3 Å². The molecule has 0 saturated carbocycles. The summed E-state index contributed by atoms with van der Waals surface area (Å²) in [6.45, 7) is 0. The molecule has 0 amide bonds. The van der Waals surface area contributed by atoms with Gasteiger partial charge in [-0.15, -0.1) is 0 Å². The number of hydrogen-bond donors (Lipinski definition) is 0. The summed E-state index contributed by atoms with van der Waals surface area (Å²) >= 11 is 0. The molecule has 232 valence electrons. The molecule has 14 heteroatoms. The molecule has 0 saturated heterocycles. The van der Waals surface area contributed by atoms with Gasteiger partial charge in [-0.2, -0.15) is 0 Å². The molecule has 1 aliphatic heterocycles. The van der Waals surface area contributed by atoms with Crippen LogP contribution in [-0.2, 0) is 0 Å². The van der Waals surface area contributed by atoms with Crippen LogP contribution in [0.2, 0.25) is 0 Å². The Morgan fingerprint density at radius 3 is 1.00 bits per heavy atom. The average Bonchev–Trinajstić information content (AvgIpc) is 3.87. The Balaban J connectivity index is 1.56. The normalized spacial score (nSPS) is 16.7. The van der Waals surface area contributed by atoms with Crippen molar-refractivity contribution in [2.75, 3.05) is 0 Å². The number of benzene rings is 2. The predicted octanol–water partition coefficient (Wildman–Crippen LogP) is 5.92. The first-order chi connectivity index (χ1) is 21.9. The van der Waals surface area contributed by atoms with Crippen LogP contribution in [0, 0.1) is 58.2 Å². The quantitative estimate of drug-likeness (QED) is 0.133. The van der Waals surface area contributed by atoms with Crippen molar-refractivity contribution in [3.63, 3.8) is 0 Å². The molecule has 46 heavy (non-hydrogen) atoms. The van der Waals surface area contributed by atoms with Crippen LogP contribution < -0.4 is 21.7 Å². The van der Waals surface area contributed by atoms with Crippen molar-refractivity contribution >= 4 is 23.3 Å². The highest BCUT2D eigenvalue weighted by Crippen LogP contribution is 2.33. The van der Waals surface area contributed by atoms with E-state index in [1.54, 1.807) is 0 Å². The lowest BCUT2D eigenvalue weighted by Crippen LogP contribution is -2.14. The summed E-state index contributed by atoms with van der Waals surface area (Å²) in [7, 11) is 0. The first kappa shape index (κ1) is 29.1. The van der Waals surface area contributed by atoms with Gasteiger partial charge in [0.05, 0.1) is 22.3 Å². The summed E-state index contributed by atoms with van der Waals surface area (Å²) in [6.07, 6.45) is 2.31. The van der Waals surface area contributed by atoms with Gasteiger partial charge < -0.3 is 17.7 Å². The zero-order valence-corrected chi connectivity index (χ0v) is 22.2. The van der Waals surface area contributed by atoms with Crippen molar-refractivity contribution < 1.29 is 61.6 Å². The monoisotopic (exact) mass is 648 g/mol. The van der Waals surface area contributed by atoms with Crippen LogP contribution in [-0.4, -0.2) is 0 Å². The van der Waals surface area contributed by atoms with E-state index in [2.05, 4.69) is 0 Å². The number of rotatable bonds is 2.